The third kappa shape index (κ3) is 2.42. The van der Waals surface area contributed by atoms with Gasteiger partial charge in [0.2, 0.25) is 5.91 Å². The van der Waals surface area contributed by atoms with Gasteiger partial charge in [0.1, 0.15) is 0 Å². The predicted molar refractivity (Wildman–Crippen MR) is 64.0 cm³/mol. The first-order chi connectivity index (χ1) is 8.11. The Morgan fingerprint density at radius 3 is 2.94 bits per heavy atom. The molecule has 1 heterocycles. The number of amides is 1. The molecule has 17 heavy (non-hydrogen) atoms. The Hall–Kier alpha value is -1.55. The molecule has 0 aromatic heterocycles. The van der Waals surface area contributed by atoms with Crippen LogP contribution in [0.1, 0.15) is 22.9 Å². The van der Waals surface area contributed by atoms with Gasteiger partial charge in [0.25, 0.3) is 0 Å². The van der Waals surface area contributed by atoms with Gasteiger partial charge in [0.05, 0.1) is 7.11 Å². The van der Waals surface area contributed by atoms with E-state index in [4.69, 9.17) is 11.6 Å². The maximum absolute atomic E-state index is 11.3. The molecule has 0 saturated heterocycles. The Balaban J connectivity index is 2.28. The molecule has 1 N–H and O–H groups in total. The molecule has 1 amide bonds. The molecule has 5 heteroatoms. The summed E-state index contributed by atoms with van der Waals surface area (Å²) in [5, 5.41) is 1.97. The number of carbonyl (C=O) groups is 2. The van der Waals surface area contributed by atoms with Crippen LogP contribution in [0.5, 0.6) is 0 Å². The lowest BCUT2D eigenvalue weighted by atomic mass is 9.99. The van der Waals surface area contributed by atoms with E-state index in [2.05, 4.69) is 10.1 Å². The van der Waals surface area contributed by atoms with Crippen molar-refractivity contribution in [3.05, 3.63) is 29.3 Å². The maximum atomic E-state index is 11.3. The first-order valence-electron chi connectivity index (χ1n) is 5.26. The number of benzene rings is 1. The van der Waals surface area contributed by atoms with E-state index in [0.717, 1.165) is 11.3 Å². The van der Waals surface area contributed by atoms with E-state index in [1.54, 1.807) is 12.1 Å². The van der Waals surface area contributed by atoms with Gasteiger partial charge in [-0.25, -0.2) is 0 Å². The van der Waals surface area contributed by atoms with Gasteiger partial charge >= 0.3 is 5.97 Å². The molecule has 90 valence electrons. The van der Waals surface area contributed by atoms with Crippen molar-refractivity contribution in [2.75, 3.05) is 12.4 Å². The van der Waals surface area contributed by atoms with E-state index in [-0.39, 0.29) is 5.91 Å². The Morgan fingerprint density at radius 1 is 1.47 bits per heavy atom. The third-order valence-corrected chi connectivity index (χ3v) is 3.16. The fraction of sp³-hybridized carbons (Fsp3) is 0.333. The van der Waals surface area contributed by atoms with Crippen molar-refractivity contribution < 1.29 is 14.3 Å². The van der Waals surface area contributed by atoms with Gasteiger partial charge in [-0.05, 0) is 23.6 Å². The van der Waals surface area contributed by atoms with Crippen LogP contribution < -0.4 is 5.32 Å². The van der Waals surface area contributed by atoms with Crippen molar-refractivity contribution in [3.63, 3.8) is 0 Å². The number of anilines is 1. The van der Waals surface area contributed by atoms with E-state index < -0.39 is 11.3 Å². The maximum Gasteiger partial charge on any atom is 0.328 e. The van der Waals surface area contributed by atoms with Crippen molar-refractivity contribution in [2.45, 2.75) is 18.2 Å². The minimum absolute atomic E-state index is 0.0145. The first-order valence-corrected chi connectivity index (χ1v) is 5.70. The van der Waals surface area contributed by atoms with Crippen LogP contribution in [-0.4, -0.2) is 19.0 Å². The number of rotatable bonds is 2. The van der Waals surface area contributed by atoms with Gasteiger partial charge < -0.3 is 10.1 Å². The van der Waals surface area contributed by atoms with Crippen LogP contribution in [0, 0.1) is 0 Å². The Kier molecular flexibility index (Phi) is 3.33. The number of hydrogen-bond donors (Lipinski definition) is 1. The molecule has 1 atom stereocenters. The van der Waals surface area contributed by atoms with Gasteiger partial charge in [-0.2, -0.15) is 0 Å². The predicted octanol–water partition coefficient (Wildman–Crippen LogP) is 2.02. The number of methoxy groups -OCH3 is 1. The molecule has 1 aliphatic heterocycles. The summed E-state index contributed by atoms with van der Waals surface area (Å²) in [7, 11) is 1.30. The number of halogens is 1. The SMILES string of the molecule is COC(=O)C(Cl)c1ccc2c(c1)CCC(=O)N2. The number of hydrogen-bond acceptors (Lipinski definition) is 3. The number of ether oxygens (including phenoxy) is 1. The van der Waals surface area contributed by atoms with E-state index in [1.807, 2.05) is 6.07 Å². The number of fused-ring (bicyclic) bond motifs is 1. The number of nitrogens with one attached hydrogen (secondary N) is 1. The number of carbonyl (C=O) groups excluding carboxylic acids is 2. The van der Waals surface area contributed by atoms with Gasteiger partial charge in [-0.15, -0.1) is 11.6 Å². The highest BCUT2D eigenvalue weighted by molar-refractivity contribution is 6.30. The zero-order chi connectivity index (χ0) is 12.4. The quantitative estimate of drug-likeness (QED) is 0.648. The number of alkyl halides is 1. The fourth-order valence-corrected chi connectivity index (χ4v) is 2.03. The summed E-state index contributed by atoms with van der Waals surface area (Å²) in [5.41, 5.74) is 2.48. The molecule has 0 saturated carbocycles. The van der Waals surface area contributed by atoms with Crippen LogP contribution in [0.3, 0.4) is 0 Å². The van der Waals surface area contributed by atoms with Crippen LogP contribution in [0.25, 0.3) is 0 Å². The van der Waals surface area contributed by atoms with Gasteiger partial charge in [-0.1, -0.05) is 12.1 Å². The summed E-state index contributed by atoms with van der Waals surface area (Å²) < 4.78 is 4.59. The molecular weight excluding hydrogens is 242 g/mol. The molecule has 0 spiro atoms. The Labute approximate surface area is 104 Å². The smallest absolute Gasteiger partial charge is 0.328 e. The van der Waals surface area contributed by atoms with Crippen LogP contribution in [0.4, 0.5) is 5.69 Å². The summed E-state index contributed by atoms with van der Waals surface area (Å²) in [6.45, 7) is 0. The number of esters is 1. The van der Waals surface area contributed by atoms with Crippen molar-refractivity contribution in [2.24, 2.45) is 0 Å². The van der Waals surface area contributed by atoms with Crippen LogP contribution in [0.15, 0.2) is 18.2 Å². The molecule has 0 radical (unpaired) electrons. The molecule has 1 aromatic rings. The molecule has 0 bridgehead atoms. The average molecular weight is 254 g/mol. The highest BCUT2D eigenvalue weighted by Crippen LogP contribution is 2.29. The lowest BCUT2D eigenvalue weighted by molar-refractivity contribution is -0.140. The standard InChI is InChI=1S/C12H12ClNO3/c1-17-12(16)11(13)8-2-4-9-7(6-8)3-5-10(15)14-9/h2,4,6,11H,3,5H2,1H3,(H,14,15). The number of aryl methyl sites for hydroxylation is 1. The van der Waals surface area contributed by atoms with Gasteiger partial charge in [0.15, 0.2) is 5.38 Å². The molecular formula is C12H12ClNO3. The minimum atomic E-state index is -0.803. The van der Waals surface area contributed by atoms with Gasteiger partial charge in [-0.3, -0.25) is 9.59 Å². The lowest BCUT2D eigenvalue weighted by Crippen LogP contribution is -2.19. The second-order valence-corrected chi connectivity index (χ2v) is 4.29. The van der Waals surface area contributed by atoms with Crippen LogP contribution >= 0.6 is 11.6 Å². The molecule has 0 aliphatic carbocycles. The molecule has 0 fully saturated rings. The van der Waals surface area contributed by atoms with E-state index >= 15 is 0 Å². The first kappa shape index (κ1) is 11.9. The third-order valence-electron chi connectivity index (χ3n) is 2.73. The fourth-order valence-electron chi connectivity index (χ4n) is 1.80. The second-order valence-electron chi connectivity index (χ2n) is 3.85. The van der Waals surface area contributed by atoms with Crippen LogP contribution in [0.2, 0.25) is 0 Å². The topological polar surface area (TPSA) is 55.4 Å². The minimum Gasteiger partial charge on any atom is -0.468 e. The molecule has 1 aromatic carbocycles. The van der Waals surface area contributed by atoms with Crippen molar-refractivity contribution in [1.82, 2.24) is 0 Å². The average Bonchev–Trinajstić information content (AvgIpc) is 2.36. The van der Waals surface area contributed by atoms with Gasteiger partial charge in [0, 0.05) is 12.1 Å². The van der Waals surface area contributed by atoms with Crippen molar-refractivity contribution in [3.8, 4) is 0 Å². The van der Waals surface area contributed by atoms with E-state index in [9.17, 15) is 9.59 Å². The summed E-state index contributed by atoms with van der Waals surface area (Å²) in [5.74, 6) is -0.466. The largest absolute Gasteiger partial charge is 0.468 e. The summed E-state index contributed by atoms with van der Waals surface area (Å²) in [6, 6.07) is 5.32. The highest BCUT2D eigenvalue weighted by Gasteiger charge is 2.21. The zero-order valence-corrected chi connectivity index (χ0v) is 10.1. The molecule has 4 nitrogen and oxygen atoms in total. The van der Waals surface area contributed by atoms with Crippen LogP contribution in [-0.2, 0) is 20.7 Å². The zero-order valence-electron chi connectivity index (χ0n) is 9.33. The summed E-state index contributed by atoms with van der Waals surface area (Å²) in [4.78, 5) is 22.5. The monoisotopic (exact) mass is 253 g/mol. The Bertz CT molecular complexity index is 473. The molecule has 2 rings (SSSR count). The molecule has 1 aliphatic rings. The van der Waals surface area contributed by atoms with E-state index in [1.165, 1.54) is 7.11 Å². The highest BCUT2D eigenvalue weighted by atomic mass is 35.5. The second kappa shape index (κ2) is 4.75. The summed E-state index contributed by atoms with van der Waals surface area (Å²) in [6.07, 6.45) is 1.13. The summed E-state index contributed by atoms with van der Waals surface area (Å²) >= 11 is 5.97. The normalized spacial score (nSPS) is 15.8. The van der Waals surface area contributed by atoms with Crippen molar-refractivity contribution in [1.29, 1.82) is 0 Å². The van der Waals surface area contributed by atoms with E-state index in [0.29, 0.717) is 18.4 Å². The molecule has 1 unspecified atom stereocenters. The Morgan fingerprint density at radius 2 is 2.24 bits per heavy atom. The van der Waals surface area contributed by atoms with Crippen molar-refractivity contribution >= 4 is 29.2 Å². The lowest BCUT2D eigenvalue weighted by Gasteiger charge is -2.18.